The van der Waals surface area contributed by atoms with Crippen LogP contribution in [0.1, 0.15) is 10.4 Å². The highest BCUT2D eigenvalue weighted by Crippen LogP contribution is 2.09. The minimum atomic E-state index is -0.476. The lowest BCUT2D eigenvalue weighted by molar-refractivity contribution is 0.0954. The zero-order chi connectivity index (χ0) is 16.7. The van der Waals surface area contributed by atoms with Gasteiger partial charge in [0.05, 0.1) is 0 Å². The van der Waals surface area contributed by atoms with Crippen molar-refractivity contribution in [3.63, 3.8) is 0 Å². The quantitative estimate of drug-likeness (QED) is 0.735. The monoisotopic (exact) mass is 335 g/mol. The molecule has 0 radical (unpaired) electrons. The van der Waals surface area contributed by atoms with E-state index >= 15 is 0 Å². The Morgan fingerprint density at radius 3 is 2.39 bits per heavy atom. The topological polar surface area (TPSA) is 70.2 Å². The Labute approximate surface area is 137 Å². The molecule has 5 nitrogen and oxygen atoms in total. The maximum atomic E-state index is 13.0. The molecule has 0 fully saturated rings. The molecular formula is C16H15ClFN3O2. The van der Waals surface area contributed by atoms with Gasteiger partial charge in [0.15, 0.2) is 0 Å². The molecule has 0 spiro atoms. The maximum Gasteiger partial charge on any atom is 0.319 e. The van der Waals surface area contributed by atoms with Crippen molar-refractivity contribution in [1.82, 2.24) is 10.6 Å². The van der Waals surface area contributed by atoms with Gasteiger partial charge in [0.25, 0.3) is 5.91 Å². The van der Waals surface area contributed by atoms with Gasteiger partial charge in [0.1, 0.15) is 5.82 Å². The van der Waals surface area contributed by atoms with Crippen LogP contribution in [-0.4, -0.2) is 25.0 Å². The molecule has 23 heavy (non-hydrogen) atoms. The zero-order valence-electron chi connectivity index (χ0n) is 12.1. The fourth-order valence-electron chi connectivity index (χ4n) is 1.80. The van der Waals surface area contributed by atoms with E-state index in [0.717, 1.165) is 0 Å². The second-order valence-electron chi connectivity index (χ2n) is 4.65. The van der Waals surface area contributed by atoms with Crippen LogP contribution in [0, 0.1) is 5.82 Å². The summed E-state index contributed by atoms with van der Waals surface area (Å²) in [7, 11) is 0. The lowest BCUT2D eigenvalue weighted by Gasteiger charge is -2.09. The number of anilines is 1. The highest BCUT2D eigenvalue weighted by Gasteiger charge is 2.05. The molecule has 0 bridgehead atoms. The minimum absolute atomic E-state index is 0.237. The Balaban J connectivity index is 1.69. The van der Waals surface area contributed by atoms with Gasteiger partial charge < -0.3 is 16.0 Å². The van der Waals surface area contributed by atoms with E-state index in [-0.39, 0.29) is 19.0 Å². The molecule has 2 rings (SSSR count). The fraction of sp³-hybridized carbons (Fsp3) is 0.125. The van der Waals surface area contributed by atoms with Crippen molar-refractivity contribution in [2.24, 2.45) is 0 Å². The van der Waals surface area contributed by atoms with E-state index in [9.17, 15) is 14.0 Å². The second kappa shape index (κ2) is 8.14. The number of amides is 3. The number of hydrogen-bond acceptors (Lipinski definition) is 2. The molecule has 120 valence electrons. The van der Waals surface area contributed by atoms with Gasteiger partial charge in [-0.25, -0.2) is 9.18 Å². The van der Waals surface area contributed by atoms with E-state index in [4.69, 9.17) is 11.6 Å². The summed E-state index contributed by atoms with van der Waals surface area (Å²) in [4.78, 5) is 23.4. The molecule has 0 atom stereocenters. The van der Waals surface area contributed by atoms with Gasteiger partial charge in [-0.2, -0.15) is 0 Å². The molecule has 0 unspecified atom stereocenters. The van der Waals surface area contributed by atoms with Crippen LogP contribution in [0.3, 0.4) is 0 Å². The molecule has 7 heteroatoms. The average Bonchev–Trinajstić information content (AvgIpc) is 2.52. The van der Waals surface area contributed by atoms with E-state index in [1.165, 1.54) is 18.2 Å². The molecule has 0 aliphatic heterocycles. The first-order chi connectivity index (χ1) is 11.0. The fourth-order valence-corrected chi connectivity index (χ4v) is 1.92. The average molecular weight is 336 g/mol. The van der Waals surface area contributed by atoms with E-state index < -0.39 is 11.8 Å². The van der Waals surface area contributed by atoms with Crippen LogP contribution in [0.4, 0.5) is 14.9 Å². The van der Waals surface area contributed by atoms with Crippen molar-refractivity contribution in [1.29, 1.82) is 0 Å². The first-order valence-electron chi connectivity index (χ1n) is 6.89. The first-order valence-corrected chi connectivity index (χ1v) is 7.26. The number of rotatable bonds is 5. The summed E-state index contributed by atoms with van der Waals surface area (Å²) in [5.41, 5.74) is 0.839. The van der Waals surface area contributed by atoms with Crippen LogP contribution < -0.4 is 16.0 Å². The van der Waals surface area contributed by atoms with Crippen LogP contribution in [0.2, 0.25) is 5.02 Å². The van der Waals surface area contributed by atoms with Crippen LogP contribution in [0.25, 0.3) is 0 Å². The molecule has 3 N–H and O–H groups in total. The van der Waals surface area contributed by atoms with Crippen LogP contribution in [0.15, 0.2) is 48.5 Å². The van der Waals surface area contributed by atoms with Crippen molar-refractivity contribution >= 4 is 29.2 Å². The number of nitrogens with one attached hydrogen (secondary N) is 3. The smallest absolute Gasteiger partial charge is 0.319 e. The molecule has 0 aliphatic carbocycles. The zero-order valence-corrected chi connectivity index (χ0v) is 12.9. The molecule has 0 saturated carbocycles. The lowest BCUT2D eigenvalue weighted by atomic mass is 10.2. The third-order valence-electron chi connectivity index (χ3n) is 2.89. The first kappa shape index (κ1) is 16.8. The lowest BCUT2D eigenvalue weighted by Crippen LogP contribution is -2.36. The van der Waals surface area contributed by atoms with Gasteiger partial charge in [0.2, 0.25) is 0 Å². The van der Waals surface area contributed by atoms with Gasteiger partial charge in [-0.15, -0.1) is 0 Å². The molecule has 0 heterocycles. The van der Waals surface area contributed by atoms with Crippen molar-refractivity contribution < 1.29 is 14.0 Å². The van der Waals surface area contributed by atoms with Gasteiger partial charge in [0, 0.05) is 29.4 Å². The van der Waals surface area contributed by atoms with E-state index in [0.29, 0.717) is 16.3 Å². The Morgan fingerprint density at radius 2 is 1.70 bits per heavy atom. The predicted octanol–water partition coefficient (Wildman–Crippen LogP) is 3.03. The third-order valence-corrected chi connectivity index (χ3v) is 3.14. The van der Waals surface area contributed by atoms with Crippen molar-refractivity contribution in [2.75, 3.05) is 18.4 Å². The van der Waals surface area contributed by atoms with E-state index in [2.05, 4.69) is 16.0 Å². The van der Waals surface area contributed by atoms with Gasteiger partial charge in [-0.05, 0) is 42.5 Å². The van der Waals surface area contributed by atoms with Gasteiger partial charge >= 0.3 is 6.03 Å². The summed E-state index contributed by atoms with van der Waals surface area (Å²) in [6.07, 6.45) is 0. The molecule has 2 aromatic rings. The molecule has 0 aliphatic rings. The van der Waals surface area contributed by atoms with E-state index in [1.54, 1.807) is 30.3 Å². The highest BCUT2D eigenvalue weighted by atomic mass is 35.5. The van der Waals surface area contributed by atoms with Crippen LogP contribution in [0.5, 0.6) is 0 Å². The Bertz CT molecular complexity index is 692. The largest absolute Gasteiger partial charge is 0.350 e. The summed E-state index contributed by atoms with van der Waals surface area (Å²) >= 11 is 5.74. The summed E-state index contributed by atoms with van der Waals surface area (Å²) in [5, 5.41) is 8.26. The van der Waals surface area contributed by atoms with E-state index in [1.807, 2.05) is 0 Å². The van der Waals surface area contributed by atoms with Crippen molar-refractivity contribution in [2.45, 2.75) is 0 Å². The molecule has 0 saturated heterocycles. The number of halogens is 2. The van der Waals surface area contributed by atoms with Crippen LogP contribution >= 0.6 is 11.6 Å². The molecule has 0 aromatic heterocycles. The summed E-state index contributed by atoms with van der Waals surface area (Å²) in [6, 6.07) is 11.6. The maximum absolute atomic E-state index is 13.0. The normalized spacial score (nSPS) is 10.0. The summed E-state index contributed by atoms with van der Waals surface area (Å²) in [6.45, 7) is 0.499. The Hall–Kier alpha value is -2.60. The highest BCUT2D eigenvalue weighted by molar-refractivity contribution is 6.30. The Morgan fingerprint density at radius 1 is 1.00 bits per heavy atom. The number of carbonyl (C=O) groups is 2. The predicted molar refractivity (Wildman–Crippen MR) is 87.2 cm³/mol. The molecule has 2 aromatic carbocycles. The second-order valence-corrected chi connectivity index (χ2v) is 5.09. The molecule has 3 amide bonds. The third kappa shape index (κ3) is 5.60. The summed E-state index contributed by atoms with van der Waals surface area (Å²) < 4.78 is 13.0. The van der Waals surface area contributed by atoms with Crippen LogP contribution in [-0.2, 0) is 0 Å². The summed E-state index contributed by atoms with van der Waals surface area (Å²) in [5.74, 6) is -0.688. The standard InChI is InChI=1S/C16H15ClFN3O2/c17-12-6-4-11(5-7-12)15(22)19-8-9-20-16(23)21-14-3-1-2-13(18)10-14/h1-7,10H,8-9H2,(H,19,22)(H2,20,21,23). The number of hydrogen-bond donors (Lipinski definition) is 3. The number of benzene rings is 2. The SMILES string of the molecule is O=C(NCCNC(=O)c1ccc(Cl)cc1)Nc1cccc(F)c1. The number of urea groups is 1. The molecular weight excluding hydrogens is 321 g/mol. The van der Waals surface area contributed by atoms with Gasteiger partial charge in [-0.3, -0.25) is 4.79 Å². The van der Waals surface area contributed by atoms with Crippen molar-refractivity contribution in [3.05, 3.63) is 64.9 Å². The van der Waals surface area contributed by atoms with Gasteiger partial charge in [-0.1, -0.05) is 17.7 Å². The number of carbonyl (C=O) groups excluding carboxylic acids is 2. The minimum Gasteiger partial charge on any atom is -0.350 e. The van der Waals surface area contributed by atoms with Crippen molar-refractivity contribution in [3.8, 4) is 0 Å². The Kier molecular flexibility index (Phi) is 5.94.